The topological polar surface area (TPSA) is 119 Å². The van der Waals surface area contributed by atoms with E-state index >= 15 is 0 Å². The molecule has 1 aromatic heterocycles. The zero-order valence-corrected chi connectivity index (χ0v) is 10.5. The van der Waals surface area contributed by atoms with Gasteiger partial charge in [0.2, 0.25) is 0 Å². The molecule has 2 aromatic rings. The normalized spacial score (nSPS) is 9.95. The molecule has 1 amide bonds. The van der Waals surface area contributed by atoms with E-state index < -0.39 is 0 Å². The fraction of sp³-hybridized carbons (Fsp3) is 0. The van der Waals surface area contributed by atoms with Crippen LogP contribution in [-0.2, 0) is 0 Å². The van der Waals surface area contributed by atoms with E-state index in [2.05, 4.69) is 20.8 Å². The van der Waals surface area contributed by atoms with Gasteiger partial charge in [-0.15, -0.1) is 0 Å². The molecular formula is C11H11ClN6O. The molecule has 0 atom stereocenters. The molecule has 7 nitrogen and oxygen atoms in total. The van der Waals surface area contributed by atoms with E-state index in [0.717, 1.165) is 0 Å². The van der Waals surface area contributed by atoms with Crippen molar-refractivity contribution in [1.29, 1.82) is 0 Å². The summed E-state index contributed by atoms with van der Waals surface area (Å²) in [6.07, 6.45) is 1.24. The molecule has 1 aromatic carbocycles. The zero-order valence-electron chi connectivity index (χ0n) is 9.72. The van der Waals surface area contributed by atoms with Crippen molar-refractivity contribution in [3.8, 4) is 0 Å². The van der Waals surface area contributed by atoms with Gasteiger partial charge in [0.15, 0.2) is 11.6 Å². The van der Waals surface area contributed by atoms with E-state index in [1.54, 1.807) is 24.3 Å². The number of hydrogen-bond acceptors (Lipinski definition) is 6. The third-order valence-electron chi connectivity index (χ3n) is 2.32. The molecule has 6 N–H and O–H groups in total. The third-order valence-corrected chi connectivity index (χ3v) is 2.57. The molecule has 0 spiro atoms. The smallest absolute Gasteiger partial charge is 0.269 e. The number of benzene rings is 1. The molecule has 19 heavy (non-hydrogen) atoms. The fourth-order valence-corrected chi connectivity index (χ4v) is 1.42. The molecule has 0 aliphatic heterocycles. The molecule has 0 fully saturated rings. The summed E-state index contributed by atoms with van der Waals surface area (Å²) in [5.41, 5.74) is 16.8. The first-order valence-electron chi connectivity index (χ1n) is 5.26. The number of halogens is 1. The van der Waals surface area contributed by atoms with Gasteiger partial charge in [-0.05, 0) is 24.3 Å². The predicted molar refractivity (Wildman–Crippen MR) is 73.4 cm³/mol. The first-order valence-corrected chi connectivity index (χ1v) is 5.63. The average Bonchev–Trinajstić information content (AvgIpc) is 2.41. The molecule has 0 unspecified atom stereocenters. The van der Waals surface area contributed by atoms with Crippen LogP contribution in [0.15, 0.2) is 30.6 Å². The van der Waals surface area contributed by atoms with Crippen LogP contribution in [0.25, 0.3) is 0 Å². The van der Waals surface area contributed by atoms with Gasteiger partial charge in [-0.2, -0.15) is 0 Å². The molecule has 2 rings (SSSR count). The molecule has 0 saturated carbocycles. The minimum atomic E-state index is -0.353. The van der Waals surface area contributed by atoms with E-state index in [9.17, 15) is 4.79 Å². The number of hydrazine groups is 1. The Morgan fingerprint density at radius 3 is 2.53 bits per heavy atom. The van der Waals surface area contributed by atoms with Crippen molar-refractivity contribution < 1.29 is 4.79 Å². The molecule has 0 aliphatic carbocycles. The maximum absolute atomic E-state index is 11.8. The highest BCUT2D eigenvalue weighted by molar-refractivity contribution is 6.30. The summed E-state index contributed by atoms with van der Waals surface area (Å²) in [6, 6.07) is 6.43. The summed E-state index contributed by atoms with van der Waals surface area (Å²) in [5.74, 6) is 0.0151. The predicted octanol–water partition coefficient (Wildman–Crippen LogP) is 1.05. The van der Waals surface area contributed by atoms with Crippen molar-refractivity contribution in [2.75, 3.05) is 16.9 Å². The molecule has 8 heteroatoms. The van der Waals surface area contributed by atoms with E-state index in [0.29, 0.717) is 10.6 Å². The first kappa shape index (κ1) is 12.9. The van der Waals surface area contributed by atoms with E-state index in [-0.39, 0.29) is 23.2 Å². The van der Waals surface area contributed by atoms with Gasteiger partial charge in [0, 0.05) is 10.6 Å². The van der Waals surface area contributed by atoms with Crippen LogP contribution in [0.4, 0.5) is 17.3 Å². The highest BCUT2D eigenvalue weighted by Gasteiger charge is 2.08. The number of nitrogens with zero attached hydrogens (tertiary/aromatic N) is 2. The van der Waals surface area contributed by atoms with Crippen molar-refractivity contribution in [1.82, 2.24) is 15.4 Å². The quantitative estimate of drug-likeness (QED) is 0.623. The van der Waals surface area contributed by atoms with Gasteiger partial charge in [-0.3, -0.25) is 15.6 Å². The third kappa shape index (κ3) is 3.02. The maximum atomic E-state index is 11.8. The van der Waals surface area contributed by atoms with Crippen molar-refractivity contribution in [2.24, 2.45) is 0 Å². The molecule has 0 radical (unpaired) electrons. The highest BCUT2D eigenvalue weighted by atomic mass is 35.5. The molecule has 1 heterocycles. The lowest BCUT2D eigenvalue weighted by molar-refractivity contribution is 0.0962. The van der Waals surface area contributed by atoms with E-state index in [4.69, 9.17) is 23.1 Å². The number of nitrogens with two attached hydrogens (primary N) is 2. The Bertz CT molecular complexity index is 601. The monoisotopic (exact) mass is 278 g/mol. The van der Waals surface area contributed by atoms with Crippen molar-refractivity contribution in [2.45, 2.75) is 0 Å². The Morgan fingerprint density at radius 2 is 1.84 bits per heavy atom. The fourth-order valence-electron chi connectivity index (χ4n) is 1.30. The van der Waals surface area contributed by atoms with E-state index in [1.807, 2.05) is 0 Å². The Balaban J connectivity index is 2.04. The number of rotatable bonds is 3. The largest absolute Gasteiger partial charge is 0.393 e. The maximum Gasteiger partial charge on any atom is 0.269 e. The standard InChI is InChI=1S/C11H11ClN6O/c12-7-3-1-6(2-4-7)11(19)18-17-10-8(13)9(14)15-5-16-10/h1-5H,13H2,(H,18,19)(H3,14,15,16,17). The Kier molecular flexibility index (Phi) is 3.67. The van der Waals surface area contributed by atoms with Crippen LogP contribution in [0.3, 0.4) is 0 Å². The van der Waals surface area contributed by atoms with Gasteiger partial charge in [-0.1, -0.05) is 11.6 Å². The van der Waals surface area contributed by atoms with Gasteiger partial charge >= 0.3 is 0 Å². The summed E-state index contributed by atoms with van der Waals surface area (Å²) < 4.78 is 0. The van der Waals surface area contributed by atoms with Gasteiger partial charge in [-0.25, -0.2) is 9.97 Å². The summed E-state index contributed by atoms with van der Waals surface area (Å²) in [4.78, 5) is 19.4. The zero-order chi connectivity index (χ0) is 13.8. The molecule has 0 aliphatic rings. The minimum Gasteiger partial charge on any atom is -0.393 e. The van der Waals surface area contributed by atoms with Gasteiger partial charge in [0.05, 0.1) is 0 Å². The second-order valence-electron chi connectivity index (χ2n) is 3.61. The van der Waals surface area contributed by atoms with Crippen LogP contribution >= 0.6 is 11.6 Å². The van der Waals surface area contributed by atoms with Crippen molar-refractivity contribution in [3.05, 3.63) is 41.2 Å². The van der Waals surface area contributed by atoms with Crippen LogP contribution in [0.2, 0.25) is 5.02 Å². The number of hydrogen-bond donors (Lipinski definition) is 4. The SMILES string of the molecule is Nc1ncnc(NNC(=O)c2ccc(Cl)cc2)c1N. The van der Waals surface area contributed by atoms with Gasteiger partial charge in [0.25, 0.3) is 5.91 Å². The minimum absolute atomic E-state index is 0.137. The lowest BCUT2D eigenvalue weighted by atomic mass is 10.2. The van der Waals surface area contributed by atoms with Crippen LogP contribution in [-0.4, -0.2) is 15.9 Å². The average molecular weight is 279 g/mol. The van der Waals surface area contributed by atoms with Crippen LogP contribution in [0.1, 0.15) is 10.4 Å². The molecule has 0 saturated heterocycles. The van der Waals surface area contributed by atoms with E-state index in [1.165, 1.54) is 6.33 Å². The van der Waals surface area contributed by atoms with Crippen LogP contribution < -0.4 is 22.3 Å². The van der Waals surface area contributed by atoms with Crippen molar-refractivity contribution in [3.63, 3.8) is 0 Å². The number of carbonyl (C=O) groups is 1. The number of nitrogens with one attached hydrogen (secondary N) is 2. The Morgan fingerprint density at radius 1 is 1.16 bits per heavy atom. The number of aromatic nitrogens is 2. The Hall–Kier alpha value is -2.54. The first-order chi connectivity index (χ1) is 9.08. The summed E-state index contributed by atoms with van der Waals surface area (Å²) in [5, 5.41) is 0.553. The molecule has 0 bridgehead atoms. The van der Waals surface area contributed by atoms with Gasteiger partial charge < -0.3 is 11.5 Å². The van der Waals surface area contributed by atoms with Crippen LogP contribution in [0.5, 0.6) is 0 Å². The van der Waals surface area contributed by atoms with Gasteiger partial charge in [0.1, 0.15) is 12.0 Å². The number of nitrogen functional groups attached to an aromatic ring is 2. The van der Waals surface area contributed by atoms with Crippen LogP contribution in [0, 0.1) is 0 Å². The Labute approximate surface area is 114 Å². The second kappa shape index (κ2) is 5.40. The number of carbonyl (C=O) groups excluding carboxylic acids is 1. The number of amides is 1. The highest BCUT2D eigenvalue weighted by Crippen LogP contribution is 2.18. The lowest BCUT2D eigenvalue weighted by Crippen LogP contribution is -2.30. The molecular weight excluding hydrogens is 268 g/mol. The summed E-state index contributed by atoms with van der Waals surface area (Å²) in [6.45, 7) is 0. The summed E-state index contributed by atoms with van der Waals surface area (Å²) >= 11 is 5.73. The molecule has 98 valence electrons. The lowest BCUT2D eigenvalue weighted by Gasteiger charge is -2.10. The van der Waals surface area contributed by atoms with Crippen molar-refractivity contribution >= 4 is 34.8 Å². The number of anilines is 3. The second-order valence-corrected chi connectivity index (χ2v) is 4.04. The summed E-state index contributed by atoms with van der Waals surface area (Å²) in [7, 11) is 0.